The van der Waals surface area contributed by atoms with E-state index < -0.39 is 0 Å². The van der Waals surface area contributed by atoms with Gasteiger partial charge in [-0.1, -0.05) is 56.3 Å². The number of hydrogen-bond donors (Lipinski definition) is 1. The van der Waals surface area contributed by atoms with Gasteiger partial charge in [0.2, 0.25) is 5.91 Å². The average Bonchev–Trinajstić information content (AvgIpc) is 2.92. The minimum absolute atomic E-state index is 0.0303. The highest BCUT2D eigenvalue weighted by atomic mass is 19.1. The molecular formula is C32H34FN3O4. The first-order chi connectivity index (χ1) is 19.1. The van der Waals surface area contributed by atoms with Crippen LogP contribution >= 0.6 is 0 Å². The van der Waals surface area contributed by atoms with E-state index in [1.807, 2.05) is 45.9 Å². The lowest BCUT2D eigenvalue weighted by molar-refractivity contribution is -0.133. The molecule has 0 aliphatic heterocycles. The highest BCUT2D eigenvalue weighted by Gasteiger charge is 2.24. The van der Waals surface area contributed by atoms with Crippen molar-refractivity contribution in [1.82, 2.24) is 9.80 Å². The molecule has 1 heterocycles. The topological polar surface area (TPSA) is 82.9 Å². The van der Waals surface area contributed by atoms with Gasteiger partial charge in [0.15, 0.2) is 5.43 Å². The fraction of sp³-hybridized carbons (Fsp3) is 0.281. The van der Waals surface area contributed by atoms with Gasteiger partial charge < -0.3 is 19.5 Å². The zero-order valence-corrected chi connectivity index (χ0v) is 23.2. The number of fused-ring (bicyclic) bond motifs is 1. The maximum atomic E-state index is 13.8. The third kappa shape index (κ3) is 6.94. The van der Waals surface area contributed by atoms with Gasteiger partial charge in [-0.05, 0) is 60.7 Å². The molecule has 4 aromatic rings. The highest BCUT2D eigenvalue weighted by Crippen LogP contribution is 2.21. The van der Waals surface area contributed by atoms with Crippen LogP contribution in [0.15, 0.2) is 82.2 Å². The van der Waals surface area contributed by atoms with Crippen LogP contribution in [-0.4, -0.2) is 34.8 Å². The van der Waals surface area contributed by atoms with E-state index in [0.29, 0.717) is 34.3 Å². The van der Waals surface area contributed by atoms with Crippen LogP contribution in [0.25, 0.3) is 11.0 Å². The Bertz CT molecular complexity index is 1540. The third-order valence-electron chi connectivity index (χ3n) is 6.66. The maximum Gasteiger partial charge on any atom is 0.322 e. The predicted molar refractivity (Wildman–Crippen MR) is 154 cm³/mol. The van der Waals surface area contributed by atoms with Gasteiger partial charge in [0.05, 0.1) is 23.8 Å². The molecule has 208 valence electrons. The lowest BCUT2D eigenvalue weighted by Crippen LogP contribution is -2.46. The molecular weight excluding hydrogens is 509 g/mol. The Labute approximate surface area is 233 Å². The molecule has 0 fully saturated rings. The molecule has 1 aromatic heterocycles. The summed E-state index contributed by atoms with van der Waals surface area (Å²) in [6, 6.07) is 18.1. The summed E-state index contributed by atoms with van der Waals surface area (Å²) in [7, 11) is 0. The molecule has 0 radical (unpaired) electrons. The van der Waals surface area contributed by atoms with Crippen molar-refractivity contribution in [3.05, 3.63) is 111 Å². The van der Waals surface area contributed by atoms with Crippen LogP contribution in [0.3, 0.4) is 0 Å². The first-order valence-electron chi connectivity index (χ1n) is 13.3. The van der Waals surface area contributed by atoms with E-state index in [-0.39, 0.29) is 48.7 Å². The zero-order valence-electron chi connectivity index (χ0n) is 23.2. The number of rotatable bonds is 9. The number of para-hydroxylation sites is 2. The predicted octanol–water partition coefficient (Wildman–Crippen LogP) is 6.27. The van der Waals surface area contributed by atoms with Gasteiger partial charge in [0.1, 0.15) is 17.9 Å². The van der Waals surface area contributed by atoms with E-state index in [0.717, 1.165) is 11.1 Å². The van der Waals surface area contributed by atoms with Crippen LogP contribution in [0.1, 0.15) is 36.1 Å². The molecule has 0 aliphatic rings. The van der Waals surface area contributed by atoms with Crippen LogP contribution in [0, 0.1) is 25.6 Å². The molecule has 0 aliphatic carbocycles. The first-order valence-corrected chi connectivity index (χ1v) is 13.3. The number of urea groups is 1. The summed E-state index contributed by atoms with van der Waals surface area (Å²) in [5.41, 5.74) is 3.78. The van der Waals surface area contributed by atoms with Gasteiger partial charge in [-0.15, -0.1) is 0 Å². The fourth-order valence-corrected chi connectivity index (χ4v) is 4.60. The number of anilines is 1. The minimum Gasteiger partial charge on any atom is -0.464 e. The van der Waals surface area contributed by atoms with Crippen LogP contribution in [0.5, 0.6) is 0 Å². The summed E-state index contributed by atoms with van der Waals surface area (Å²) < 4.78 is 19.2. The van der Waals surface area contributed by atoms with E-state index in [2.05, 4.69) is 5.32 Å². The second-order valence-electron chi connectivity index (χ2n) is 10.4. The summed E-state index contributed by atoms with van der Waals surface area (Å²) in [5.74, 6) is -0.633. The van der Waals surface area contributed by atoms with Gasteiger partial charge in [-0.25, -0.2) is 9.18 Å². The molecule has 1 N–H and O–H groups in total. The van der Waals surface area contributed by atoms with Crippen molar-refractivity contribution >= 4 is 28.6 Å². The molecule has 8 heteroatoms. The van der Waals surface area contributed by atoms with E-state index in [1.54, 1.807) is 36.4 Å². The van der Waals surface area contributed by atoms with Crippen LogP contribution in [-0.2, 0) is 17.9 Å². The molecule has 0 atom stereocenters. The average molecular weight is 544 g/mol. The zero-order chi connectivity index (χ0) is 28.8. The number of carbonyl (C=O) groups excluding carboxylic acids is 2. The van der Waals surface area contributed by atoms with Crippen molar-refractivity contribution in [2.24, 2.45) is 5.92 Å². The molecule has 0 saturated carbocycles. The minimum atomic E-state index is -0.386. The SMILES string of the molecule is Cc1cccc(C)c1NC(=O)N(CC(=O)N(Cc1ccc(F)cc1)Cc1coc2ccccc2c1=O)CC(C)C. The summed E-state index contributed by atoms with van der Waals surface area (Å²) in [6.07, 6.45) is 1.37. The second kappa shape index (κ2) is 12.6. The summed E-state index contributed by atoms with van der Waals surface area (Å²) >= 11 is 0. The largest absolute Gasteiger partial charge is 0.464 e. The molecule has 3 aromatic carbocycles. The maximum absolute atomic E-state index is 13.8. The lowest BCUT2D eigenvalue weighted by Gasteiger charge is -2.29. The fourth-order valence-electron chi connectivity index (χ4n) is 4.60. The van der Waals surface area contributed by atoms with Gasteiger partial charge in [-0.3, -0.25) is 9.59 Å². The summed E-state index contributed by atoms with van der Waals surface area (Å²) in [4.78, 5) is 43.4. The van der Waals surface area contributed by atoms with E-state index in [9.17, 15) is 18.8 Å². The molecule has 7 nitrogen and oxygen atoms in total. The summed E-state index contributed by atoms with van der Waals surface area (Å²) in [6.45, 7) is 8.03. The quantitative estimate of drug-likeness (QED) is 0.270. The number of nitrogens with zero attached hydrogens (tertiary/aromatic N) is 2. The van der Waals surface area contributed by atoms with Gasteiger partial charge in [0.25, 0.3) is 0 Å². The molecule has 0 spiro atoms. The number of benzene rings is 3. The van der Waals surface area contributed by atoms with Gasteiger partial charge in [-0.2, -0.15) is 0 Å². The highest BCUT2D eigenvalue weighted by molar-refractivity contribution is 5.93. The Morgan fingerprint density at radius 3 is 2.25 bits per heavy atom. The second-order valence-corrected chi connectivity index (χ2v) is 10.4. The van der Waals surface area contributed by atoms with Crippen molar-refractivity contribution in [3.8, 4) is 0 Å². The Hall–Kier alpha value is -4.46. The number of nitrogens with one attached hydrogen (secondary N) is 1. The Morgan fingerprint density at radius 1 is 0.900 bits per heavy atom. The number of hydrogen-bond acceptors (Lipinski definition) is 4. The Morgan fingerprint density at radius 2 is 1.57 bits per heavy atom. The van der Waals surface area contributed by atoms with E-state index >= 15 is 0 Å². The number of carbonyl (C=O) groups is 2. The smallest absolute Gasteiger partial charge is 0.322 e. The lowest BCUT2D eigenvalue weighted by atomic mass is 10.1. The number of amides is 3. The molecule has 3 amide bonds. The number of halogens is 1. The van der Waals surface area contributed by atoms with Crippen LogP contribution < -0.4 is 10.7 Å². The molecule has 4 rings (SSSR count). The van der Waals surface area contributed by atoms with Crippen LogP contribution in [0.4, 0.5) is 14.9 Å². The molecule has 0 bridgehead atoms. The van der Waals surface area contributed by atoms with Crippen molar-refractivity contribution in [2.75, 3.05) is 18.4 Å². The standard InChI is InChI=1S/C32H34FN3O4/c1-21(2)16-36(32(39)34-30-22(3)8-7-9-23(30)4)19-29(37)35(17-24-12-14-26(33)15-13-24)18-25-20-40-28-11-6-5-10-27(28)31(25)38/h5-15,20-21H,16-19H2,1-4H3,(H,34,39). The molecule has 0 unspecified atom stereocenters. The normalized spacial score (nSPS) is 11.1. The third-order valence-corrected chi connectivity index (χ3v) is 6.66. The molecule has 0 saturated heterocycles. The Balaban J connectivity index is 1.62. The monoisotopic (exact) mass is 543 g/mol. The molecule has 40 heavy (non-hydrogen) atoms. The van der Waals surface area contributed by atoms with Crippen LogP contribution in [0.2, 0.25) is 0 Å². The van der Waals surface area contributed by atoms with Gasteiger partial charge >= 0.3 is 6.03 Å². The Kier molecular flexibility index (Phi) is 8.99. The number of aryl methyl sites for hydroxylation is 2. The first kappa shape index (κ1) is 28.5. The summed E-state index contributed by atoms with van der Waals surface area (Å²) in [5, 5.41) is 3.39. The van der Waals surface area contributed by atoms with Crippen molar-refractivity contribution in [3.63, 3.8) is 0 Å². The van der Waals surface area contributed by atoms with E-state index in [1.165, 1.54) is 28.2 Å². The van der Waals surface area contributed by atoms with Crippen molar-refractivity contribution in [1.29, 1.82) is 0 Å². The van der Waals surface area contributed by atoms with Crippen molar-refractivity contribution in [2.45, 2.75) is 40.8 Å². The van der Waals surface area contributed by atoms with Crippen molar-refractivity contribution < 1.29 is 18.4 Å². The van der Waals surface area contributed by atoms with Gasteiger partial charge in [0, 0.05) is 18.8 Å². The van der Waals surface area contributed by atoms with E-state index in [4.69, 9.17) is 4.42 Å².